The molecule has 1 atom stereocenters. The standard InChI is InChI=1S/C18H35NO2/c1-4-18(2,3)21-17(20)19(15-11-7-5-8-12-15)16-13-9-6-10-14-16/h15-17,20H,4-14H2,1-3H3. The lowest BCUT2D eigenvalue weighted by Crippen LogP contribution is -2.53. The molecule has 0 aliphatic heterocycles. The lowest BCUT2D eigenvalue weighted by Gasteiger charge is -2.45. The fourth-order valence-corrected chi connectivity index (χ4v) is 3.85. The van der Waals surface area contributed by atoms with Crippen molar-refractivity contribution in [1.29, 1.82) is 0 Å². The highest BCUT2D eigenvalue weighted by atomic mass is 16.6. The molecule has 0 amide bonds. The number of hydrogen-bond donors (Lipinski definition) is 1. The van der Waals surface area contributed by atoms with Gasteiger partial charge in [0.1, 0.15) is 0 Å². The molecule has 0 bridgehead atoms. The van der Waals surface area contributed by atoms with E-state index in [9.17, 15) is 5.11 Å². The minimum atomic E-state index is -0.730. The Bertz CT molecular complexity index is 276. The molecule has 0 heterocycles. The average Bonchev–Trinajstić information content (AvgIpc) is 2.49. The van der Waals surface area contributed by atoms with Crippen LogP contribution in [0.3, 0.4) is 0 Å². The minimum Gasteiger partial charge on any atom is -0.356 e. The van der Waals surface area contributed by atoms with Crippen LogP contribution in [0.25, 0.3) is 0 Å². The van der Waals surface area contributed by atoms with E-state index in [1.807, 2.05) is 0 Å². The van der Waals surface area contributed by atoms with Gasteiger partial charge >= 0.3 is 0 Å². The molecule has 0 aromatic heterocycles. The maximum Gasteiger partial charge on any atom is 0.217 e. The van der Waals surface area contributed by atoms with Crippen LogP contribution in [0.4, 0.5) is 0 Å². The van der Waals surface area contributed by atoms with Gasteiger partial charge in [0, 0.05) is 12.1 Å². The lowest BCUT2D eigenvalue weighted by molar-refractivity contribution is -0.267. The van der Waals surface area contributed by atoms with Gasteiger partial charge in [-0.1, -0.05) is 45.4 Å². The van der Waals surface area contributed by atoms with Gasteiger partial charge in [-0.2, -0.15) is 0 Å². The van der Waals surface area contributed by atoms with Gasteiger partial charge in [0.25, 0.3) is 0 Å². The van der Waals surface area contributed by atoms with E-state index in [-0.39, 0.29) is 5.60 Å². The second kappa shape index (κ2) is 7.94. The number of nitrogens with zero attached hydrogens (tertiary/aromatic N) is 1. The summed E-state index contributed by atoms with van der Waals surface area (Å²) >= 11 is 0. The molecule has 1 N–H and O–H groups in total. The quantitative estimate of drug-likeness (QED) is 0.736. The summed E-state index contributed by atoms with van der Waals surface area (Å²) in [5.41, 5.74) is -0.249. The second-order valence-corrected chi connectivity index (χ2v) is 7.59. The summed E-state index contributed by atoms with van der Waals surface area (Å²) in [6.07, 6.45) is 13.0. The maximum absolute atomic E-state index is 10.8. The van der Waals surface area contributed by atoms with Crippen LogP contribution in [0.1, 0.15) is 91.4 Å². The van der Waals surface area contributed by atoms with Crippen molar-refractivity contribution in [3.05, 3.63) is 0 Å². The van der Waals surface area contributed by atoms with E-state index in [0.29, 0.717) is 12.1 Å². The van der Waals surface area contributed by atoms with E-state index < -0.39 is 6.41 Å². The Morgan fingerprint density at radius 2 is 1.38 bits per heavy atom. The van der Waals surface area contributed by atoms with Crippen LogP contribution in [0.5, 0.6) is 0 Å². The minimum absolute atomic E-state index is 0.249. The zero-order chi connectivity index (χ0) is 15.3. The van der Waals surface area contributed by atoms with Crippen molar-refractivity contribution in [2.24, 2.45) is 0 Å². The lowest BCUT2D eigenvalue weighted by atomic mass is 9.89. The third kappa shape index (κ3) is 4.94. The van der Waals surface area contributed by atoms with Crippen molar-refractivity contribution in [3.63, 3.8) is 0 Å². The highest BCUT2D eigenvalue weighted by Crippen LogP contribution is 2.32. The van der Waals surface area contributed by atoms with Crippen molar-refractivity contribution >= 4 is 0 Å². The van der Waals surface area contributed by atoms with Crippen molar-refractivity contribution in [2.45, 2.75) is 115 Å². The predicted octanol–water partition coefficient (Wildman–Crippen LogP) is 4.43. The first-order valence-electron chi connectivity index (χ1n) is 9.17. The van der Waals surface area contributed by atoms with Crippen molar-refractivity contribution in [1.82, 2.24) is 4.90 Å². The average molecular weight is 297 g/mol. The Morgan fingerprint density at radius 1 is 0.952 bits per heavy atom. The molecule has 1 unspecified atom stereocenters. The number of aliphatic hydroxyl groups is 1. The number of hydrogen-bond acceptors (Lipinski definition) is 3. The van der Waals surface area contributed by atoms with Gasteiger partial charge in [0.05, 0.1) is 5.60 Å². The summed E-state index contributed by atoms with van der Waals surface area (Å²) in [4.78, 5) is 2.34. The normalized spacial score (nSPS) is 24.4. The molecule has 2 aliphatic carbocycles. The van der Waals surface area contributed by atoms with Crippen LogP contribution in [-0.2, 0) is 4.74 Å². The first-order valence-corrected chi connectivity index (χ1v) is 9.17. The summed E-state index contributed by atoms with van der Waals surface area (Å²) in [7, 11) is 0. The molecule has 3 nitrogen and oxygen atoms in total. The second-order valence-electron chi connectivity index (χ2n) is 7.59. The predicted molar refractivity (Wildman–Crippen MR) is 87.0 cm³/mol. The third-order valence-electron chi connectivity index (χ3n) is 5.52. The Kier molecular flexibility index (Phi) is 6.51. The summed E-state index contributed by atoms with van der Waals surface area (Å²) in [5, 5.41) is 10.8. The summed E-state index contributed by atoms with van der Waals surface area (Å²) in [6, 6.07) is 1.04. The van der Waals surface area contributed by atoms with Gasteiger partial charge in [0.15, 0.2) is 0 Å². The third-order valence-corrected chi connectivity index (χ3v) is 5.52. The van der Waals surface area contributed by atoms with Gasteiger partial charge in [0.2, 0.25) is 6.41 Å². The highest BCUT2D eigenvalue weighted by Gasteiger charge is 2.35. The van der Waals surface area contributed by atoms with E-state index in [2.05, 4.69) is 25.7 Å². The van der Waals surface area contributed by atoms with Gasteiger partial charge in [-0.3, -0.25) is 0 Å². The molecule has 2 aliphatic rings. The first kappa shape index (κ1) is 17.2. The topological polar surface area (TPSA) is 32.7 Å². The molecule has 124 valence electrons. The van der Waals surface area contributed by atoms with Crippen LogP contribution in [0.15, 0.2) is 0 Å². The van der Waals surface area contributed by atoms with E-state index in [1.54, 1.807) is 0 Å². The molecule has 0 aromatic rings. The summed E-state index contributed by atoms with van der Waals surface area (Å²) < 4.78 is 6.04. The first-order chi connectivity index (χ1) is 10.0. The van der Waals surface area contributed by atoms with Gasteiger partial charge in [-0.05, 0) is 46.0 Å². The largest absolute Gasteiger partial charge is 0.356 e. The smallest absolute Gasteiger partial charge is 0.217 e. The zero-order valence-corrected chi connectivity index (χ0v) is 14.3. The van der Waals surface area contributed by atoms with Gasteiger partial charge < -0.3 is 9.84 Å². The van der Waals surface area contributed by atoms with E-state index in [0.717, 1.165) is 6.42 Å². The number of ether oxygens (including phenoxy) is 1. The SMILES string of the molecule is CCC(C)(C)OC(O)N(C1CCCCC1)C1CCCCC1. The van der Waals surface area contributed by atoms with Gasteiger partial charge in [-0.25, -0.2) is 4.90 Å². The number of aliphatic hydroxyl groups excluding tert-OH is 1. The Hall–Kier alpha value is -0.120. The van der Waals surface area contributed by atoms with Crippen LogP contribution < -0.4 is 0 Å². The number of rotatable bonds is 6. The molecule has 0 spiro atoms. The van der Waals surface area contributed by atoms with Gasteiger partial charge in [-0.15, -0.1) is 0 Å². The van der Waals surface area contributed by atoms with Crippen LogP contribution in [-0.4, -0.2) is 34.1 Å². The van der Waals surface area contributed by atoms with Crippen LogP contribution >= 0.6 is 0 Å². The molecule has 2 saturated carbocycles. The zero-order valence-electron chi connectivity index (χ0n) is 14.3. The molecule has 2 fully saturated rings. The molecule has 0 radical (unpaired) electrons. The molecule has 0 saturated heterocycles. The maximum atomic E-state index is 10.8. The van der Waals surface area contributed by atoms with Crippen molar-refractivity contribution in [3.8, 4) is 0 Å². The van der Waals surface area contributed by atoms with E-state index in [1.165, 1.54) is 64.2 Å². The Morgan fingerprint density at radius 3 is 1.76 bits per heavy atom. The monoisotopic (exact) mass is 297 g/mol. The summed E-state index contributed by atoms with van der Waals surface area (Å²) in [6.45, 7) is 6.28. The van der Waals surface area contributed by atoms with Crippen molar-refractivity contribution < 1.29 is 9.84 Å². The summed E-state index contributed by atoms with van der Waals surface area (Å²) in [5.74, 6) is 0. The molecular formula is C18H35NO2. The highest BCUT2D eigenvalue weighted by molar-refractivity contribution is 4.84. The molecule has 2 rings (SSSR count). The fraction of sp³-hybridized carbons (Fsp3) is 1.00. The fourth-order valence-electron chi connectivity index (χ4n) is 3.85. The Labute approximate surface area is 131 Å². The molecular weight excluding hydrogens is 262 g/mol. The van der Waals surface area contributed by atoms with E-state index >= 15 is 0 Å². The Balaban J connectivity index is 2.05. The van der Waals surface area contributed by atoms with Crippen LogP contribution in [0, 0.1) is 0 Å². The van der Waals surface area contributed by atoms with Crippen molar-refractivity contribution in [2.75, 3.05) is 0 Å². The molecule has 21 heavy (non-hydrogen) atoms. The van der Waals surface area contributed by atoms with Crippen LogP contribution in [0.2, 0.25) is 0 Å². The molecule has 0 aromatic carbocycles. The van der Waals surface area contributed by atoms with E-state index in [4.69, 9.17) is 4.74 Å². The molecule has 3 heteroatoms.